The van der Waals surface area contributed by atoms with Crippen LogP contribution in [-0.2, 0) is 13.6 Å². The molecule has 0 fully saturated rings. The molecule has 0 saturated heterocycles. The van der Waals surface area contributed by atoms with E-state index in [1.165, 1.54) is 16.7 Å². The van der Waals surface area contributed by atoms with Crippen molar-refractivity contribution in [2.75, 3.05) is 7.05 Å². The highest BCUT2D eigenvalue weighted by atomic mass is 15.4. The van der Waals surface area contributed by atoms with Crippen molar-refractivity contribution in [2.45, 2.75) is 25.9 Å². The molecule has 1 N–H and O–H groups in total. The van der Waals surface area contributed by atoms with E-state index in [1.807, 2.05) is 42.8 Å². The summed E-state index contributed by atoms with van der Waals surface area (Å²) in [7, 11) is 3.96. The molecule has 0 saturated carbocycles. The Hall–Kier alpha value is -2.47. The van der Waals surface area contributed by atoms with Gasteiger partial charge in [0.1, 0.15) is 0 Å². The molecule has 6 nitrogen and oxygen atoms in total. The molecule has 1 aliphatic rings. The zero-order chi connectivity index (χ0) is 16.0. The molecule has 4 rings (SSSR count). The van der Waals surface area contributed by atoms with Gasteiger partial charge in [0.25, 0.3) is 0 Å². The van der Waals surface area contributed by atoms with E-state index < -0.39 is 0 Å². The van der Waals surface area contributed by atoms with E-state index in [9.17, 15) is 0 Å². The van der Waals surface area contributed by atoms with E-state index in [0.717, 1.165) is 29.9 Å². The molecule has 0 radical (unpaired) electrons. The van der Waals surface area contributed by atoms with Gasteiger partial charge in [0.05, 0.1) is 17.6 Å². The third-order valence-electron chi connectivity index (χ3n) is 4.60. The number of hydrogen-bond acceptors (Lipinski definition) is 4. The van der Waals surface area contributed by atoms with Gasteiger partial charge >= 0.3 is 0 Å². The van der Waals surface area contributed by atoms with Gasteiger partial charge < -0.3 is 5.32 Å². The normalized spacial score (nSPS) is 16.7. The Labute approximate surface area is 135 Å². The highest BCUT2D eigenvalue weighted by Crippen LogP contribution is 2.37. The molecule has 1 aliphatic heterocycles. The second kappa shape index (κ2) is 5.31. The lowest BCUT2D eigenvalue weighted by Gasteiger charge is -2.17. The molecule has 118 valence electrons. The first-order chi connectivity index (χ1) is 11.2. The maximum atomic E-state index is 4.29. The van der Waals surface area contributed by atoms with E-state index >= 15 is 0 Å². The van der Waals surface area contributed by atoms with Crippen LogP contribution in [0.5, 0.6) is 0 Å². The number of benzene rings is 1. The summed E-state index contributed by atoms with van der Waals surface area (Å²) in [6, 6.07) is 6.93. The van der Waals surface area contributed by atoms with Gasteiger partial charge in [0, 0.05) is 37.0 Å². The Morgan fingerprint density at radius 2 is 2.13 bits per heavy atom. The van der Waals surface area contributed by atoms with E-state index in [2.05, 4.69) is 38.9 Å². The van der Waals surface area contributed by atoms with Crippen LogP contribution in [0.4, 0.5) is 0 Å². The van der Waals surface area contributed by atoms with Crippen molar-refractivity contribution in [3.63, 3.8) is 0 Å². The number of fused-ring (bicyclic) bond motifs is 3. The standard InChI is InChI=1S/C17H20N6/c1-11-17-14-5-4-12(13-9-19-22(3)10-13)8-15(14)16(18-2)6-7-23(17)21-20-11/h4-5,8-10,16,18H,6-7H2,1-3H3. The first-order valence-electron chi connectivity index (χ1n) is 7.88. The second-order valence-electron chi connectivity index (χ2n) is 6.08. The molecule has 23 heavy (non-hydrogen) atoms. The maximum Gasteiger partial charge on any atom is 0.0918 e. The molecular weight excluding hydrogens is 288 g/mol. The van der Waals surface area contributed by atoms with Gasteiger partial charge in [-0.15, -0.1) is 5.10 Å². The highest BCUT2D eigenvalue weighted by Gasteiger charge is 2.24. The molecule has 2 aromatic heterocycles. The van der Waals surface area contributed by atoms with Gasteiger partial charge in [-0.2, -0.15) is 5.10 Å². The minimum Gasteiger partial charge on any atom is -0.313 e. The molecule has 0 spiro atoms. The van der Waals surface area contributed by atoms with Crippen LogP contribution in [0, 0.1) is 6.92 Å². The van der Waals surface area contributed by atoms with E-state index in [1.54, 1.807) is 0 Å². The van der Waals surface area contributed by atoms with Crippen LogP contribution in [0.3, 0.4) is 0 Å². The Bertz CT molecular complexity index is 860. The Kier molecular flexibility index (Phi) is 3.27. The molecule has 3 heterocycles. The Balaban J connectivity index is 1.91. The lowest BCUT2D eigenvalue weighted by Crippen LogP contribution is -2.17. The van der Waals surface area contributed by atoms with Crippen molar-refractivity contribution in [2.24, 2.45) is 7.05 Å². The van der Waals surface area contributed by atoms with Gasteiger partial charge in [-0.3, -0.25) is 4.68 Å². The summed E-state index contributed by atoms with van der Waals surface area (Å²) in [5.41, 5.74) is 6.97. The minimum absolute atomic E-state index is 0.308. The molecule has 0 amide bonds. The van der Waals surface area contributed by atoms with Crippen LogP contribution in [0.2, 0.25) is 0 Å². The largest absolute Gasteiger partial charge is 0.313 e. The van der Waals surface area contributed by atoms with Crippen LogP contribution < -0.4 is 5.32 Å². The summed E-state index contributed by atoms with van der Waals surface area (Å²) in [5.74, 6) is 0. The summed E-state index contributed by atoms with van der Waals surface area (Å²) < 4.78 is 3.86. The third-order valence-corrected chi connectivity index (χ3v) is 4.60. The molecule has 1 aromatic carbocycles. The Morgan fingerprint density at radius 3 is 2.87 bits per heavy atom. The molecule has 3 aromatic rings. The number of rotatable bonds is 2. The zero-order valence-corrected chi connectivity index (χ0v) is 13.6. The minimum atomic E-state index is 0.308. The highest BCUT2D eigenvalue weighted by molar-refractivity contribution is 5.73. The maximum absolute atomic E-state index is 4.29. The van der Waals surface area contributed by atoms with E-state index in [4.69, 9.17) is 0 Å². The number of hydrogen-bond donors (Lipinski definition) is 1. The van der Waals surface area contributed by atoms with Gasteiger partial charge in [0.2, 0.25) is 0 Å². The monoisotopic (exact) mass is 308 g/mol. The molecular formula is C17H20N6. The van der Waals surface area contributed by atoms with Crippen molar-refractivity contribution in [3.8, 4) is 22.4 Å². The summed E-state index contributed by atoms with van der Waals surface area (Å²) in [5, 5.41) is 16.3. The van der Waals surface area contributed by atoms with E-state index in [0.29, 0.717) is 6.04 Å². The number of nitrogens with one attached hydrogen (secondary N) is 1. The zero-order valence-electron chi connectivity index (χ0n) is 13.6. The van der Waals surface area contributed by atoms with Crippen molar-refractivity contribution in [3.05, 3.63) is 41.9 Å². The van der Waals surface area contributed by atoms with Crippen LogP contribution >= 0.6 is 0 Å². The van der Waals surface area contributed by atoms with Crippen molar-refractivity contribution < 1.29 is 0 Å². The fourth-order valence-corrected chi connectivity index (χ4v) is 3.41. The van der Waals surface area contributed by atoms with Crippen LogP contribution in [-0.4, -0.2) is 31.8 Å². The average molecular weight is 308 g/mol. The first-order valence-corrected chi connectivity index (χ1v) is 7.88. The van der Waals surface area contributed by atoms with Gasteiger partial charge in [-0.1, -0.05) is 17.3 Å². The lowest BCUT2D eigenvalue weighted by atomic mass is 9.93. The van der Waals surface area contributed by atoms with Crippen LogP contribution in [0.15, 0.2) is 30.6 Å². The fourth-order valence-electron chi connectivity index (χ4n) is 3.41. The first kappa shape index (κ1) is 14.1. The van der Waals surface area contributed by atoms with E-state index in [-0.39, 0.29) is 0 Å². The summed E-state index contributed by atoms with van der Waals surface area (Å²) in [4.78, 5) is 0. The number of nitrogens with zero attached hydrogens (tertiary/aromatic N) is 5. The number of aryl methyl sites for hydroxylation is 3. The molecule has 0 bridgehead atoms. The van der Waals surface area contributed by atoms with Gasteiger partial charge in [-0.05, 0) is 37.6 Å². The predicted molar refractivity (Wildman–Crippen MR) is 88.8 cm³/mol. The second-order valence-corrected chi connectivity index (χ2v) is 6.08. The summed E-state index contributed by atoms with van der Waals surface area (Å²) >= 11 is 0. The van der Waals surface area contributed by atoms with Gasteiger partial charge in [-0.25, -0.2) is 4.68 Å². The summed E-state index contributed by atoms with van der Waals surface area (Å²) in [6.07, 6.45) is 4.95. The fraction of sp³-hybridized carbons (Fsp3) is 0.353. The van der Waals surface area contributed by atoms with Crippen molar-refractivity contribution in [1.29, 1.82) is 0 Å². The van der Waals surface area contributed by atoms with Crippen molar-refractivity contribution >= 4 is 0 Å². The Morgan fingerprint density at radius 1 is 1.26 bits per heavy atom. The SMILES string of the molecule is CNC1CCn2nnc(C)c2-c2ccc(-c3cnn(C)c3)cc21. The smallest absolute Gasteiger partial charge is 0.0918 e. The number of aromatic nitrogens is 5. The van der Waals surface area contributed by atoms with Crippen LogP contribution in [0.25, 0.3) is 22.4 Å². The lowest BCUT2D eigenvalue weighted by molar-refractivity contribution is 0.480. The van der Waals surface area contributed by atoms with Crippen LogP contribution in [0.1, 0.15) is 23.7 Å². The molecule has 0 aliphatic carbocycles. The predicted octanol–water partition coefficient (Wildman–Crippen LogP) is 2.32. The third kappa shape index (κ3) is 2.26. The average Bonchev–Trinajstić information content (AvgIpc) is 3.10. The quantitative estimate of drug-likeness (QED) is 0.789. The van der Waals surface area contributed by atoms with Gasteiger partial charge in [0.15, 0.2) is 0 Å². The van der Waals surface area contributed by atoms with Crippen molar-refractivity contribution in [1.82, 2.24) is 30.1 Å². The molecule has 1 atom stereocenters. The summed E-state index contributed by atoms with van der Waals surface area (Å²) in [6.45, 7) is 2.90. The molecule has 1 unspecified atom stereocenters. The topological polar surface area (TPSA) is 60.6 Å². The molecule has 6 heteroatoms.